The Hall–Kier alpha value is -5.08. The van der Waals surface area contributed by atoms with Crippen molar-refractivity contribution in [3.63, 3.8) is 0 Å². The van der Waals surface area contributed by atoms with Crippen LogP contribution in [0.1, 0.15) is 58.8 Å². The Labute approximate surface area is 265 Å². The maximum Gasteiger partial charge on any atom is 0.335 e. The van der Waals surface area contributed by atoms with Gasteiger partial charge in [0, 0.05) is 42.0 Å². The van der Waals surface area contributed by atoms with Crippen LogP contribution in [-0.4, -0.2) is 53.2 Å². The Bertz CT molecular complexity index is 2000. The molecule has 11 heteroatoms. The summed E-state index contributed by atoms with van der Waals surface area (Å²) in [6, 6.07) is 15.5. The van der Waals surface area contributed by atoms with Crippen LogP contribution < -0.4 is 4.74 Å². The van der Waals surface area contributed by atoms with Gasteiger partial charge in [-0.3, -0.25) is 4.90 Å². The number of hydrogen-bond acceptors (Lipinski definition) is 7. The molecule has 3 unspecified atom stereocenters. The van der Waals surface area contributed by atoms with Crippen LogP contribution in [-0.2, 0) is 31.7 Å². The van der Waals surface area contributed by atoms with Crippen LogP contribution in [0.3, 0.4) is 0 Å². The molecular weight excluding hydrogens is 585 g/mol. The van der Waals surface area contributed by atoms with E-state index in [1.165, 1.54) is 6.07 Å². The van der Waals surface area contributed by atoms with Crippen molar-refractivity contribution >= 4 is 17.0 Å². The third kappa shape index (κ3) is 5.08. The monoisotopic (exact) mass is 619 g/mol. The Morgan fingerprint density at radius 1 is 1.22 bits per heavy atom. The van der Waals surface area contributed by atoms with E-state index in [0.717, 1.165) is 54.2 Å². The molecule has 2 aromatic carbocycles. The number of rotatable bonds is 10. The average Bonchev–Trinajstić information content (AvgIpc) is 3.33. The van der Waals surface area contributed by atoms with E-state index in [9.17, 15) is 14.3 Å². The smallest absolute Gasteiger partial charge is 0.335 e. The summed E-state index contributed by atoms with van der Waals surface area (Å²) in [6.07, 6.45) is 6.28. The van der Waals surface area contributed by atoms with Crippen LogP contribution in [0.4, 0.5) is 4.39 Å². The minimum atomic E-state index is -0.967. The Morgan fingerprint density at radius 2 is 2.09 bits per heavy atom. The lowest BCUT2D eigenvalue weighted by atomic mass is 9.86. The highest BCUT2D eigenvalue weighted by Crippen LogP contribution is 2.65. The fourth-order valence-electron chi connectivity index (χ4n) is 7.37. The molecule has 0 amide bonds. The van der Waals surface area contributed by atoms with Gasteiger partial charge in [0.2, 0.25) is 5.88 Å². The first kappa shape index (κ1) is 29.6. The fraction of sp³-hybridized carbons (Fsp3) is 0.343. The van der Waals surface area contributed by atoms with Gasteiger partial charge in [-0.2, -0.15) is 5.26 Å². The lowest BCUT2D eigenvalue weighted by molar-refractivity contribution is 0.0697. The molecule has 3 aromatic heterocycles. The summed E-state index contributed by atoms with van der Waals surface area (Å²) in [5.41, 5.74) is 4.45. The number of aromatic carboxylic acids is 1. The van der Waals surface area contributed by atoms with E-state index in [4.69, 9.17) is 15.0 Å². The molecule has 0 spiro atoms. The molecule has 46 heavy (non-hydrogen) atoms. The second-order valence-corrected chi connectivity index (χ2v) is 12.3. The zero-order valence-corrected chi connectivity index (χ0v) is 25.7. The first-order chi connectivity index (χ1) is 22.3. The van der Waals surface area contributed by atoms with Gasteiger partial charge >= 0.3 is 5.97 Å². The number of piperidine rings is 1. The van der Waals surface area contributed by atoms with Gasteiger partial charge in [-0.15, -0.1) is 0 Å². The highest BCUT2D eigenvalue weighted by Gasteiger charge is 2.65. The third-order valence-corrected chi connectivity index (χ3v) is 9.98. The molecule has 7 rings (SSSR count). The number of aromatic nitrogens is 5. The summed E-state index contributed by atoms with van der Waals surface area (Å²) in [5.74, 6) is 0.773. The summed E-state index contributed by atoms with van der Waals surface area (Å²) in [7, 11) is 0. The standard InChI is InChI=1S/C35H34FN7O3/c1-3-42-21-38-16-26(42)17-43-31-14-24(34(44)45)8-9-30(31)40-32(43)19-41-12-10-35(22(2)28(35)18-41)27-5-4-11-39-33(27)46-20-25-7-6-23(15-37)13-29(25)36/h4-9,11,13-14,16,21-22,28H,3,10,12,17-20H2,1-2H3,(H,44,45). The summed E-state index contributed by atoms with van der Waals surface area (Å²) in [6.45, 7) is 8.04. The van der Waals surface area contributed by atoms with Crippen molar-refractivity contribution in [3.05, 3.63) is 107 Å². The molecule has 2 aliphatic rings. The number of benzene rings is 2. The number of carbonyl (C=O) groups is 1. The maximum absolute atomic E-state index is 14.6. The number of ether oxygens (including phenoxy) is 1. The lowest BCUT2D eigenvalue weighted by Gasteiger charge is -2.32. The van der Waals surface area contributed by atoms with Crippen LogP contribution in [0.15, 0.2) is 67.3 Å². The normalized spacial score (nSPS) is 20.7. The molecule has 1 saturated heterocycles. The van der Waals surface area contributed by atoms with E-state index in [-0.39, 0.29) is 23.1 Å². The number of carboxylic acids is 1. The first-order valence-electron chi connectivity index (χ1n) is 15.5. The van der Waals surface area contributed by atoms with Crippen molar-refractivity contribution in [1.29, 1.82) is 5.26 Å². The summed E-state index contributed by atoms with van der Waals surface area (Å²) in [4.78, 5) is 28.1. The van der Waals surface area contributed by atoms with E-state index < -0.39 is 11.8 Å². The molecule has 1 aliphatic heterocycles. The number of fused-ring (bicyclic) bond motifs is 2. The van der Waals surface area contributed by atoms with Crippen LogP contribution in [0.2, 0.25) is 0 Å². The molecule has 5 aromatic rings. The molecule has 1 aliphatic carbocycles. The minimum absolute atomic E-state index is 0.0273. The van der Waals surface area contributed by atoms with Gasteiger partial charge in [0.25, 0.3) is 0 Å². The van der Waals surface area contributed by atoms with Crippen molar-refractivity contribution in [3.8, 4) is 11.9 Å². The van der Waals surface area contributed by atoms with Crippen molar-refractivity contribution in [2.45, 2.75) is 51.9 Å². The molecule has 4 heterocycles. The second kappa shape index (κ2) is 11.7. The van der Waals surface area contributed by atoms with Crippen LogP contribution >= 0.6 is 0 Å². The number of halogens is 1. The predicted octanol–water partition coefficient (Wildman–Crippen LogP) is 5.39. The average molecular weight is 620 g/mol. The quantitative estimate of drug-likeness (QED) is 0.221. The number of imidazole rings is 2. The van der Waals surface area contributed by atoms with Gasteiger partial charge in [0.15, 0.2) is 0 Å². The number of nitrogens with zero attached hydrogens (tertiary/aromatic N) is 7. The van der Waals surface area contributed by atoms with Crippen molar-refractivity contribution in [1.82, 2.24) is 29.0 Å². The number of aryl methyl sites for hydroxylation is 1. The molecule has 0 radical (unpaired) electrons. The largest absolute Gasteiger partial charge is 0.478 e. The Morgan fingerprint density at radius 3 is 2.85 bits per heavy atom. The molecule has 2 fully saturated rings. The molecule has 10 nitrogen and oxygen atoms in total. The number of nitriles is 1. The second-order valence-electron chi connectivity index (χ2n) is 12.3. The van der Waals surface area contributed by atoms with E-state index >= 15 is 0 Å². The van der Waals surface area contributed by atoms with E-state index in [1.807, 2.05) is 24.7 Å². The molecule has 1 N–H and O–H groups in total. The van der Waals surface area contributed by atoms with Gasteiger partial charge in [0.05, 0.1) is 53.3 Å². The van der Waals surface area contributed by atoms with Gasteiger partial charge in [-0.25, -0.2) is 24.1 Å². The maximum atomic E-state index is 14.6. The molecule has 3 atom stereocenters. The molecule has 234 valence electrons. The highest BCUT2D eigenvalue weighted by molar-refractivity contribution is 5.92. The number of hydrogen-bond donors (Lipinski definition) is 1. The zero-order valence-electron chi connectivity index (χ0n) is 25.7. The van der Waals surface area contributed by atoms with Gasteiger partial charge in [-0.05, 0) is 68.1 Å². The van der Waals surface area contributed by atoms with Crippen molar-refractivity contribution in [2.24, 2.45) is 11.8 Å². The number of pyridine rings is 1. The Balaban J connectivity index is 1.12. The van der Waals surface area contributed by atoms with E-state index in [2.05, 4.69) is 43.9 Å². The zero-order chi connectivity index (χ0) is 32.0. The molecule has 0 bridgehead atoms. The predicted molar refractivity (Wildman–Crippen MR) is 168 cm³/mol. The van der Waals surface area contributed by atoms with E-state index in [0.29, 0.717) is 36.4 Å². The van der Waals surface area contributed by atoms with Gasteiger partial charge in [0.1, 0.15) is 18.2 Å². The third-order valence-electron chi connectivity index (χ3n) is 9.98. The first-order valence-corrected chi connectivity index (χ1v) is 15.5. The summed E-state index contributed by atoms with van der Waals surface area (Å²) in [5, 5.41) is 18.7. The Kier molecular flexibility index (Phi) is 7.53. The lowest BCUT2D eigenvalue weighted by Crippen LogP contribution is -2.37. The summed E-state index contributed by atoms with van der Waals surface area (Å²) >= 11 is 0. The van der Waals surface area contributed by atoms with Crippen molar-refractivity contribution < 1.29 is 19.0 Å². The van der Waals surface area contributed by atoms with Crippen molar-refractivity contribution in [2.75, 3.05) is 13.1 Å². The fourth-order valence-corrected chi connectivity index (χ4v) is 7.37. The number of likely N-dealkylation sites (tertiary alicyclic amines) is 1. The van der Waals surface area contributed by atoms with Crippen LogP contribution in [0.5, 0.6) is 5.88 Å². The summed E-state index contributed by atoms with van der Waals surface area (Å²) < 4.78 is 24.9. The van der Waals surface area contributed by atoms with Gasteiger partial charge in [-0.1, -0.05) is 19.1 Å². The molecule has 1 saturated carbocycles. The van der Waals surface area contributed by atoms with Crippen LogP contribution in [0, 0.1) is 29.0 Å². The number of carboxylic acid groups (broad SMARTS) is 1. The van der Waals surface area contributed by atoms with Crippen LogP contribution in [0.25, 0.3) is 11.0 Å². The van der Waals surface area contributed by atoms with E-state index in [1.54, 1.807) is 36.5 Å². The minimum Gasteiger partial charge on any atom is -0.478 e. The SMILES string of the molecule is CCn1cncc1Cn1c(CN2CCC3(c4cccnc4OCc4ccc(C#N)cc4F)C(C)C3C2)nc2ccc(C(=O)O)cc21. The topological polar surface area (TPSA) is 122 Å². The molecular formula is C35H34FN7O3. The van der Waals surface area contributed by atoms with Gasteiger partial charge < -0.3 is 19.0 Å². The highest BCUT2D eigenvalue weighted by atomic mass is 19.1.